The Kier molecular flexibility index (Phi) is 3.81. The first-order chi connectivity index (χ1) is 8.22. The summed E-state index contributed by atoms with van der Waals surface area (Å²) in [6.45, 7) is 2.80. The van der Waals surface area contributed by atoms with Crippen LogP contribution in [0.5, 0.6) is 0 Å². The van der Waals surface area contributed by atoms with Gasteiger partial charge in [0.15, 0.2) is 0 Å². The Morgan fingerprint density at radius 1 is 1.35 bits per heavy atom. The second kappa shape index (κ2) is 5.33. The number of nitriles is 1. The number of rotatable bonds is 5. The summed E-state index contributed by atoms with van der Waals surface area (Å²) in [5, 5.41) is 12.7. The SMILES string of the molecule is CC(C#N)(CC1CCC1)NCc1ccccc1. The summed E-state index contributed by atoms with van der Waals surface area (Å²) in [4.78, 5) is 0. The van der Waals surface area contributed by atoms with Crippen LogP contribution in [0.15, 0.2) is 30.3 Å². The van der Waals surface area contributed by atoms with E-state index in [1.807, 2.05) is 25.1 Å². The van der Waals surface area contributed by atoms with E-state index in [-0.39, 0.29) is 5.54 Å². The van der Waals surface area contributed by atoms with E-state index in [1.165, 1.54) is 24.8 Å². The molecule has 0 aliphatic heterocycles. The molecule has 90 valence electrons. The zero-order valence-electron chi connectivity index (χ0n) is 10.4. The lowest BCUT2D eigenvalue weighted by molar-refractivity contribution is 0.236. The van der Waals surface area contributed by atoms with Crippen LogP contribution >= 0.6 is 0 Å². The molecule has 0 heterocycles. The molecule has 1 aromatic rings. The van der Waals surface area contributed by atoms with E-state index >= 15 is 0 Å². The fourth-order valence-electron chi connectivity index (χ4n) is 2.32. The van der Waals surface area contributed by atoms with Gasteiger partial charge in [-0.1, -0.05) is 49.6 Å². The van der Waals surface area contributed by atoms with Crippen molar-refractivity contribution in [3.63, 3.8) is 0 Å². The highest BCUT2D eigenvalue weighted by Gasteiger charge is 2.30. The van der Waals surface area contributed by atoms with E-state index in [2.05, 4.69) is 23.5 Å². The molecule has 0 bridgehead atoms. The molecule has 1 aliphatic carbocycles. The fraction of sp³-hybridized carbons (Fsp3) is 0.533. The van der Waals surface area contributed by atoms with Gasteiger partial charge in [-0.2, -0.15) is 5.26 Å². The monoisotopic (exact) mass is 228 g/mol. The second-order valence-electron chi connectivity index (χ2n) is 5.28. The summed E-state index contributed by atoms with van der Waals surface area (Å²) in [7, 11) is 0. The van der Waals surface area contributed by atoms with E-state index in [1.54, 1.807) is 0 Å². The van der Waals surface area contributed by atoms with Crippen LogP contribution in [-0.4, -0.2) is 5.54 Å². The van der Waals surface area contributed by atoms with Crippen LogP contribution in [0.1, 0.15) is 38.2 Å². The fourth-order valence-corrected chi connectivity index (χ4v) is 2.32. The molecule has 1 saturated carbocycles. The van der Waals surface area contributed by atoms with E-state index in [4.69, 9.17) is 0 Å². The summed E-state index contributed by atoms with van der Waals surface area (Å²) >= 11 is 0. The summed E-state index contributed by atoms with van der Waals surface area (Å²) in [5.41, 5.74) is 0.864. The van der Waals surface area contributed by atoms with Crippen molar-refractivity contribution in [2.45, 2.75) is 44.7 Å². The molecule has 17 heavy (non-hydrogen) atoms. The first-order valence-electron chi connectivity index (χ1n) is 6.42. The number of hydrogen-bond acceptors (Lipinski definition) is 2. The minimum atomic E-state index is -0.374. The van der Waals surface area contributed by atoms with Crippen molar-refractivity contribution >= 4 is 0 Å². The van der Waals surface area contributed by atoms with Gasteiger partial charge in [0.25, 0.3) is 0 Å². The van der Waals surface area contributed by atoms with Gasteiger partial charge in [0, 0.05) is 6.54 Å². The Labute approximate surface area is 104 Å². The van der Waals surface area contributed by atoms with Gasteiger partial charge in [-0.15, -0.1) is 0 Å². The summed E-state index contributed by atoms with van der Waals surface area (Å²) in [5.74, 6) is 0.753. The largest absolute Gasteiger partial charge is 0.295 e. The molecule has 1 aliphatic rings. The van der Waals surface area contributed by atoms with Crippen molar-refractivity contribution < 1.29 is 0 Å². The van der Waals surface area contributed by atoms with Crippen LogP contribution in [0.4, 0.5) is 0 Å². The molecular formula is C15H20N2. The molecule has 1 N–H and O–H groups in total. The third kappa shape index (κ3) is 3.31. The minimum Gasteiger partial charge on any atom is -0.295 e. The smallest absolute Gasteiger partial charge is 0.104 e. The molecule has 0 amide bonds. The van der Waals surface area contributed by atoms with E-state index in [0.717, 1.165) is 18.9 Å². The summed E-state index contributed by atoms with van der Waals surface area (Å²) in [6, 6.07) is 12.7. The third-order valence-electron chi connectivity index (χ3n) is 3.69. The predicted octanol–water partition coefficient (Wildman–Crippen LogP) is 3.25. The quantitative estimate of drug-likeness (QED) is 0.839. The highest BCUT2D eigenvalue weighted by molar-refractivity contribution is 5.16. The maximum absolute atomic E-state index is 9.32. The van der Waals surface area contributed by atoms with Crippen molar-refractivity contribution in [1.29, 1.82) is 5.26 Å². The summed E-state index contributed by atoms with van der Waals surface area (Å²) < 4.78 is 0. The first-order valence-corrected chi connectivity index (χ1v) is 6.42. The van der Waals surface area contributed by atoms with Crippen LogP contribution < -0.4 is 5.32 Å². The van der Waals surface area contributed by atoms with Gasteiger partial charge in [0.2, 0.25) is 0 Å². The number of nitrogens with zero attached hydrogens (tertiary/aromatic N) is 1. The lowest BCUT2D eigenvalue weighted by Gasteiger charge is -2.33. The van der Waals surface area contributed by atoms with Gasteiger partial charge < -0.3 is 0 Å². The van der Waals surface area contributed by atoms with Crippen molar-refractivity contribution in [2.75, 3.05) is 0 Å². The van der Waals surface area contributed by atoms with Gasteiger partial charge in [-0.05, 0) is 24.8 Å². The van der Waals surface area contributed by atoms with E-state index < -0.39 is 0 Å². The van der Waals surface area contributed by atoms with E-state index in [9.17, 15) is 5.26 Å². The molecular weight excluding hydrogens is 208 g/mol. The lowest BCUT2D eigenvalue weighted by atomic mass is 9.77. The highest BCUT2D eigenvalue weighted by atomic mass is 15.0. The molecule has 1 unspecified atom stereocenters. The normalized spacial score (nSPS) is 19.1. The Balaban J connectivity index is 1.88. The van der Waals surface area contributed by atoms with Crippen molar-refractivity contribution in [3.05, 3.63) is 35.9 Å². The molecule has 1 aromatic carbocycles. The van der Waals surface area contributed by atoms with Crippen molar-refractivity contribution in [3.8, 4) is 6.07 Å². The predicted molar refractivity (Wildman–Crippen MR) is 69.3 cm³/mol. The zero-order valence-corrected chi connectivity index (χ0v) is 10.4. The Hall–Kier alpha value is -1.33. The second-order valence-corrected chi connectivity index (χ2v) is 5.28. The van der Waals surface area contributed by atoms with Crippen molar-refractivity contribution in [2.24, 2.45) is 5.92 Å². The maximum Gasteiger partial charge on any atom is 0.104 e. The average molecular weight is 228 g/mol. The lowest BCUT2D eigenvalue weighted by Crippen LogP contribution is -2.43. The van der Waals surface area contributed by atoms with Gasteiger partial charge in [-0.25, -0.2) is 0 Å². The Morgan fingerprint density at radius 3 is 2.59 bits per heavy atom. The molecule has 0 spiro atoms. The standard InChI is InChI=1S/C15H20N2/c1-15(12-16,10-13-8-5-9-13)17-11-14-6-3-2-4-7-14/h2-4,6-7,13,17H,5,8-11H2,1H3. The average Bonchev–Trinajstić information content (AvgIpc) is 2.33. The molecule has 0 saturated heterocycles. The van der Waals surface area contributed by atoms with Gasteiger partial charge in [0.1, 0.15) is 5.54 Å². The minimum absolute atomic E-state index is 0.374. The molecule has 1 fully saturated rings. The van der Waals surface area contributed by atoms with Crippen LogP contribution in [0, 0.1) is 17.2 Å². The van der Waals surface area contributed by atoms with Gasteiger partial charge in [-0.3, -0.25) is 5.32 Å². The van der Waals surface area contributed by atoms with Crippen LogP contribution in [-0.2, 0) is 6.54 Å². The topological polar surface area (TPSA) is 35.8 Å². The molecule has 2 rings (SSSR count). The van der Waals surface area contributed by atoms with Crippen LogP contribution in [0.3, 0.4) is 0 Å². The van der Waals surface area contributed by atoms with Crippen LogP contribution in [0.2, 0.25) is 0 Å². The van der Waals surface area contributed by atoms with Crippen molar-refractivity contribution in [1.82, 2.24) is 5.32 Å². The number of benzene rings is 1. The first kappa shape index (κ1) is 12.1. The molecule has 2 heteroatoms. The number of hydrogen-bond donors (Lipinski definition) is 1. The highest BCUT2D eigenvalue weighted by Crippen LogP contribution is 2.33. The van der Waals surface area contributed by atoms with Gasteiger partial charge >= 0.3 is 0 Å². The van der Waals surface area contributed by atoms with E-state index in [0.29, 0.717) is 0 Å². The maximum atomic E-state index is 9.32. The number of nitrogens with one attached hydrogen (secondary N) is 1. The molecule has 0 aromatic heterocycles. The van der Waals surface area contributed by atoms with Gasteiger partial charge in [0.05, 0.1) is 6.07 Å². The van der Waals surface area contributed by atoms with Crippen LogP contribution in [0.25, 0.3) is 0 Å². The zero-order chi connectivity index (χ0) is 12.1. The third-order valence-corrected chi connectivity index (χ3v) is 3.69. The molecule has 0 radical (unpaired) electrons. The Morgan fingerprint density at radius 2 is 2.06 bits per heavy atom. The molecule has 2 nitrogen and oxygen atoms in total. The Bertz CT molecular complexity index is 389. The summed E-state index contributed by atoms with van der Waals surface area (Å²) in [6.07, 6.45) is 4.91. The molecule has 1 atom stereocenters.